The summed E-state index contributed by atoms with van der Waals surface area (Å²) in [5.74, 6) is 0. The van der Waals surface area contributed by atoms with Gasteiger partial charge in [0.05, 0.1) is 11.1 Å². The van der Waals surface area contributed by atoms with Crippen LogP contribution in [0.3, 0.4) is 0 Å². The number of rotatable bonds is 9. The van der Waals surface area contributed by atoms with Crippen LogP contribution >= 0.6 is 0 Å². The molecular formula is C64H48B5NO. The number of anilines is 3. The standard InChI is InChI=1S/C64H48B5NO/c65-59-58(60(66)62(68)63(69)61(59)67)54-37-38-55(57-53-22-10-11-24-56(53)71-64(54)57)70(45-33-29-40(30-34-45)39-25-27-43(28-26-39)48-23-12-16-42-15-4-5-17-47(42)48)46-35-31-44(32-36-46)50-19-7-9-21-52(50)51-20-8-6-18-49(51)41-13-2-1-3-14-41/h1-38H,65-69H2. The maximum atomic E-state index is 7.01. The van der Waals surface area contributed by atoms with Gasteiger partial charge < -0.3 is 9.32 Å². The molecule has 12 rings (SSSR count). The molecule has 0 aliphatic carbocycles. The molecule has 0 bridgehead atoms. The summed E-state index contributed by atoms with van der Waals surface area (Å²) in [6.07, 6.45) is 0. The smallest absolute Gasteiger partial charge is 0.145 e. The summed E-state index contributed by atoms with van der Waals surface area (Å²) in [5.41, 5.74) is 25.8. The number of hydrogen-bond donors (Lipinski definition) is 0. The second-order valence-electron chi connectivity index (χ2n) is 18.9. The second kappa shape index (κ2) is 18.2. The molecule has 0 saturated heterocycles. The molecule has 0 amide bonds. The SMILES string of the molecule is Bc1c(B)c(B)c(-c2ccc(N(c3ccc(-c4ccc(-c5cccc6ccccc56)cc4)cc3)c3ccc(-c4ccccc4-c4ccccc4-c4ccccc4)cc3)c3c2oc2ccccc23)c(B)c1B. The van der Waals surface area contributed by atoms with E-state index < -0.39 is 0 Å². The van der Waals surface area contributed by atoms with Crippen molar-refractivity contribution in [3.8, 4) is 66.8 Å². The first-order chi connectivity index (χ1) is 34.8. The third-order valence-electron chi connectivity index (χ3n) is 15.1. The van der Waals surface area contributed by atoms with Crippen LogP contribution < -0.4 is 32.2 Å². The second-order valence-corrected chi connectivity index (χ2v) is 18.9. The molecule has 12 aromatic rings. The van der Waals surface area contributed by atoms with Gasteiger partial charge in [-0.3, -0.25) is 0 Å². The van der Waals surface area contributed by atoms with E-state index in [0.29, 0.717) is 0 Å². The predicted octanol–water partition coefficient (Wildman–Crippen LogP) is 9.50. The maximum absolute atomic E-state index is 7.01. The van der Waals surface area contributed by atoms with E-state index in [1.807, 2.05) is 0 Å². The van der Waals surface area contributed by atoms with Crippen molar-refractivity contribution in [2.45, 2.75) is 0 Å². The van der Waals surface area contributed by atoms with Gasteiger partial charge in [-0.05, 0) is 114 Å². The Morgan fingerprint density at radius 1 is 0.296 bits per heavy atom. The zero-order valence-electron chi connectivity index (χ0n) is 40.8. The minimum absolute atomic E-state index is 0.872. The molecule has 7 heteroatoms. The molecule has 2 nitrogen and oxygen atoms in total. The van der Waals surface area contributed by atoms with Crippen LogP contribution in [0.2, 0.25) is 0 Å². The van der Waals surface area contributed by atoms with E-state index in [1.165, 1.54) is 88.2 Å². The lowest BCUT2D eigenvalue weighted by atomic mass is 9.59. The third kappa shape index (κ3) is 7.70. The van der Waals surface area contributed by atoms with Crippen molar-refractivity contribution < 1.29 is 4.42 Å². The number of para-hydroxylation sites is 1. The van der Waals surface area contributed by atoms with Gasteiger partial charge in [0.2, 0.25) is 0 Å². The van der Waals surface area contributed by atoms with Crippen molar-refractivity contribution in [1.29, 1.82) is 0 Å². The summed E-state index contributed by atoms with van der Waals surface area (Å²) in [6, 6.07) is 83.6. The van der Waals surface area contributed by atoms with Crippen LogP contribution in [0.5, 0.6) is 0 Å². The van der Waals surface area contributed by atoms with Gasteiger partial charge in [0.1, 0.15) is 50.4 Å². The van der Waals surface area contributed by atoms with E-state index >= 15 is 0 Å². The fraction of sp³-hybridized carbons (Fsp3) is 0. The summed E-state index contributed by atoms with van der Waals surface area (Å²) in [6.45, 7) is 0. The summed E-state index contributed by atoms with van der Waals surface area (Å²) in [5, 5.41) is 4.69. The van der Waals surface area contributed by atoms with Gasteiger partial charge in [-0.15, -0.1) is 16.4 Å². The van der Waals surface area contributed by atoms with Gasteiger partial charge in [0.15, 0.2) is 0 Å². The molecule has 11 aromatic carbocycles. The molecule has 0 saturated carbocycles. The molecule has 1 heterocycles. The first-order valence-electron chi connectivity index (χ1n) is 24.7. The normalized spacial score (nSPS) is 11.4. The van der Waals surface area contributed by atoms with Crippen molar-refractivity contribution in [2.75, 3.05) is 4.90 Å². The number of fused-ring (bicyclic) bond motifs is 4. The van der Waals surface area contributed by atoms with E-state index in [2.05, 4.69) is 275 Å². The molecule has 0 fully saturated rings. The highest BCUT2D eigenvalue weighted by molar-refractivity contribution is 6.69. The Hall–Kier alpha value is -8.40. The lowest BCUT2D eigenvalue weighted by Gasteiger charge is -2.28. The van der Waals surface area contributed by atoms with Crippen molar-refractivity contribution in [2.24, 2.45) is 0 Å². The Morgan fingerprint density at radius 2 is 0.732 bits per heavy atom. The minimum atomic E-state index is 0.872. The van der Waals surface area contributed by atoms with Crippen LogP contribution in [0.4, 0.5) is 17.1 Å². The molecule has 0 unspecified atom stereocenters. The average molecular weight is 901 g/mol. The van der Waals surface area contributed by atoms with Crippen molar-refractivity contribution in [1.82, 2.24) is 0 Å². The van der Waals surface area contributed by atoms with Crippen LogP contribution in [0.25, 0.3) is 99.5 Å². The van der Waals surface area contributed by atoms with E-state index in [4.69, 9.17) is 4.42 Å². The lowest BCUT2D eigenvalue weighted by Crippen LogP contribution is -2.55. The van der Waals surface area contributed by atoms with E-state index in [1.54, 1.807) is 0 Å². The Morgan fingerprint density at radius 3 is 1.37 bits per heavy atom. The van der Waals surface area contributed by atoms with Gasteiger partial charge in [-0.2, -0.15) is 0 Å². The van der Waals surface area contributed by atoms with Crippen LogP contribution in [-0.4, -0.2) is 39.2 Å². The van der Waals surface area contributed by atoms with E-state index in [0.717, 1.165) is 55.7 Å². The van der Waals surface area contributed by atoms with Crippen LogP contribution in [0.1, 0.15) is 0 Å². The Labute approximate surface area is 420 Å². The van der Waals surface area contributed by atoms with Crippen molar-refractivity contribution in [3.05, 3.63) is 231 Å². The average Bonchev–Trinajstić information content (AvgIpc) is 3.83. The summed E-state index contributed by atoms with van der Waals surface area (Å²) in [4.78, 5) is 2.41. The Kier molecular flexibility index (Phi) is 11.2. The number of hydrogen-bond acceptors (Lipinski definition) is 2. The van der Waals surface area contributed by atoms with E-state index in [-0.39, 0.29) is 0 Å². The largest absolute Gasteiger partial charge is 0.455 e. The zero-order chi connectivity index (χ0) is 48.2. The molecular weight excluding hydrogens is 853 g/mol. The topological polar surface area (TPSA) is 16.4 Å². The summed E-state index contributed by atoms with van der Waals surface area (Å²) < 4.78 is 7.01. The third-order valence-corrected chi connectivity index (χ3v) is 15.1. The molecule has 71 heavy (non-hydrogen) atoms. The van der Waals surface area contributed by atoms with Crippen molar-refractivity contribution in [3.63, 3.8) is 0 Å². The van der Waals surface area contributed by atoms with Crippen LogP contribution in [0.15, 0.2) is 235 Å². The minimum Gasteiger partial charge on any atom is -0.455 e. The van der Waals surface area contributed by atoms with Gasteiger partial charge in [-0.25, -0.2) is 0 Å². The van der Waals surface area contributed by atoms with Crippen molar-refractivity contribution >= 4 is 116 Å². The van der Waals surface area contributed by atoms with Gasteiger partial charge in [0.25, 0.3) is 0 Å². The molecule has 330 valence electrons. The van der Waals surface area contributed by atoms with Gasteiger partial charge in [-0.1, -0.05) is 199 Å². The quantitative estimate of drug-likeness (QED) is 0.134. The number of benzene rings is 11. The molecule has 0 spiro atoms. The Balaban J connectivity index is 1.00. The molecule has 1 aromatic heterocycles. The summed E-state index contributed by atoms with van der Waals surface area (Å²) >= 11 is 0. The van der Waals surface area contributed by atoms with Crippen LogP contribution in [-0.2, 0) is 0 Å². The highest BCUT2D eigenvalue weighted by Crippen LogP contribution is 2.47. The van der Waals surface area contributed by atoms with Gasteiger partial charge in [0, 0.05) is 22.3 Å². The highest BCUT2D eigenvalue weighted by atomic mass is 16.3. The fourth-order valence-corrected chi connectivity index (χ4v) is 11.0. The lowest BCUT2D eigenvalue weighted by molar-refractivity contribution is 0.670. The fourth-order valence-electron chi connectivity index (χ4n) is 11.0. The molecule has 0 N–H and O–H groups in total. The number of furan rings is 1. The molecule has 0 aliphatic heterocycles. The first kappa shape index (κ1) is 43.9. The van der Waals surface area contributed by atoms with E-state index in [9.17, 15) is 0 Å². The number of nitrogens with zero attached hydrogens (tertiary/aromatic N) is 1. The molecule has 0 aliphatic rings. The summed E-state index contributed by atoms with van der Waals surface area (Å²) in [7, 11) is 11.3. The van der Waals surface area contributed by atoms with Gasteiger partial charge >= 0.3 is 0 Å². The highest BCUT2D eigenvalue weighted by Gasteiger charge is 2.25. The maximum Gasteiger partial charge on any atom is 0.145 e. The predicted molar refractivity (Wildman–Crippen MR) is 319 cm³/mol. The first-order valence-corrected chi connectivity index (χ1v) is 24.7. The Bertz CT molecular complexity index is 3940. The van der Waals surface area contributed by atoms with Crippen LogP contribution in [0, 0.1) is 0 Å². The zero-order valence-corrected chi connectivity index (χ0v) is 40.8. The molecule has 0 radical (unpaired) electrons. The monoisotopic (exact) mass is 901 g/mol. The molecule has 0 atom stereocenters.